The molecule has 1 aliphatic rings. The summed E-state index contributed by atoms with van der Waals surface area (Å²) in [7, 11) is 3.37. The number of carbonyl (C=O) groups excluding carboxylic acids is 2. The van der Waals surface area contributed by atoms with Crippen LogP contribution in [0.5, 0.6) is 0 Å². The summed E-state index contributed by atoms with van der Waals surface area (Å²) in [5.74, 6) is -0.0282. The molecule has 2 heterocycles. The Morgan fingerprint density at radius 2 is 1.86 bits per heavy atom. The molecule has 0 saturated heterocycles. The zero-order chi connectivity index (χ0) is 21.2. The van der Waals surface area contributed by atoms with E-state index in [0.29, 0.717) is 12.2 Å². The summed E-state index contributed by atoms with van der Waals surface area (Å²) in [5.41, 5.74) is 1.73. The molecule has 0 saturated carbocycles. The van der Waals surface area contributed by atoms with Gasteiger partial charge in [-0.3, -0.25) is 4.79 Å². The van der Waals surface area contributed by atoms with Gasteiger partial charge < -0.3 is 19.5 Å². The summed E-state index contributed by atoms with van der Waals surface area (Å²) < 4.78 is 7.05. The molecular weight excluding hydrogens is 368 g/mol. The number of carbonyl (C=O) groups is 2. The normalized spacial score (nSPS) is 15.9. The van der Waals surface area contributed by atoms with Crippen molar-refractivity contribution in [3.8, 4) is 11.4 Å². The Kier molecular flexibility index (Phi) is 6.07. The van der Waals surface area contributed by atoms with Gasteiger partial charge in [0, 0.05) is 18.7 Å². The zero-order valence-corrected chi connectivity index (χ0v) is 17.9. The van der Waals surface area contributed by atoms with Crippen LogP contribution in [0.3, 0.4) is 0 Å². The molecule has 156 valence electrons. The number of methoxy groups -OCH3 is 1. The molecule has 7 nitrogen and oxygen atoms in total. The molecule has 0 fully saturated rings. The van der Waals surface area contributed by atoms with Gasteiger partial charge in [0.1, 0.15) is 11.9 Å². The first-order chi connectivity index (χ1) is 13.7. The van der Waals surface area contributed by atoms with Gasteiger partial charge in [0.25, 0.3) is 5.91 Å². The first-order valence-corrected chi connectivity index (χ1v) is 9.94. The Morgan fingerprint density at radius 1 is 1.17 bits per heavy atom. The molecule has 1 aromatic carbocycles. The molecule has 1 amide bonds. The van der Waals surface area contributed by atoms with E-state index in [1.807, 2.05) is 58.2 Å². The number of fused-ring (bicyclic) bond motifs is 1. The van der Waals surface area contributed by atoms with Crippen LogP contribution in [0.2, 0.25) is 0 Å². The molecule has 1 unspecified atom stereocenters. The number of benzene rings is 1. The van der Waals surface area contributed by atoms with E-state index in [2.05, 4.69) is 14.8 Å². The molecule has 0 aliphatic carbocycles. The third-order valence-corrected chi connectivity index (χ3v) is 5.24. The first-order valence-electron chi connectivity index (χ1n) is 9.94. The van der Waals surface area contributed by atoms with Crippen LogP contribution in [0.1, 0.15) is 43.4 Å². The average Bonchev–Trinajstić information content (AvgIpc) is 2.92. The van der Waals surface area contributed by atoms with Gasteiger partial charge in [0.05, 0.1) is 12.8 Å². The number of ether oxygens (including phenoxy) is 1. The Hall–Kier alpha value is -2.67. The lowest BCUT2D eigenvalue weighted by atomic mass is 9.86. The van der Waals surface area contributed by atoms with Crippen LogP contribution < -0.4 is 5.32 Å². The van der Waals surface area contributed by atoms with E-state index in [-0.39, 0.29) is 5.91 Å². The van der Waals surface area contributed by atoms with Crippen molar-refractivity contribution in [2.45, 2.75) is 46.3 Å². The van der Waals surface area contributed by atoms with Gasteiger partial charge in [-0.15, -0.1) is 0 Å². The molecule has 29 heavy (non-hydrogen) atoms. The predicted molar refractivity (Wildman–Crippen MR) is 111 cm³/mol. The van der Waals surface area contributed by atoms with Crippen LogP contribution in [0.25, 0.3) is 11.4 Å². The number of aromatic nitrogens is 2. The molecule has 2 aromatic rings. The van der Waals surface area contributed by atoms with E-state index in [1.165, 1.54) is 7.11 Å². The number of imidazole rings is 1. The second-order valence-corrected chi connectivity index (χ2v) is 8.64. The summed E-state index contributed by atoms with van der Waals surface area (Å²) >= 11 is 0. The molecule has 1 N–H and O–H groups in total. The molecule has 1 aromatic heterocycles. The molecule has 7 heteroatoms. The Balaban J connectivity index is 2.03. The molecule has 0 radical (unpaired) electrons. The van der Waals surface area contributed by atoms with E-state index < -0.39 is 17.4 Å². The van der Waals surface area contributed by atoms with Crippen molar-refractivity contribution in [2.75, 3.05) is 20.7 Å². The van der Waals surface area contributed by atoms with Gasteiger partial charge in [0.2, 0.25) is 0 Å². The molecular formula is C22H30N4O3. The number of esters is 1. The van der Waals surface area contributed by atoms with Crippen LogP contribution >= 0.6 is 0 Å². The highest BCUT2D eigenvalue weighted by Crippen LogP contribution is 2.27. The quantitative estimate of drug-likeness (QED) is 0.802. The van der Waals surface area contributed by atoms with E-state index in [1.54, 1.807) is 0 Å². The number of nitrogens with one attached hydrogen (secondary N) is 1. The largest absolute Gasteiger partial charge is 0.467 e. The number of amides is 1. The number of hydrogen-bond acceptors (Lipinski definition) is 5. The molecule has 0 bridgehead atoms. The van der Waals surface area contributed by atoms with Gasteiger partial charge in [-0.05, 0) is 25.4 Å². The van der Waals surface area contributed by atoms with Gasteiger partial charge in [0.15, 0.2) is 5.69 Å². The molecule has 0 spiro atoms. The highest BCUT2D eigenvalue weighted by atomic mass is 16.5. The molecule has 1 aliphatic heterocycles. The lowest BCUT2D eigenvalue weighted by molar-refractivity contribution is -0.145. The lowest BCUT2D eigenvalue weighted by Crippen LogP contribution is -2.50. The summed E-state index contributed by atoms with van der Waals surface area (Å²) in [6.07, 6.45) is 0.980. The van der Waals surface area contributed by atoms with Crippen molar-refractivity contribution >= 4 is 11.9 Å². The van der Waals surface area contributed by atoms with Crippen molar-refractivity contribution in [1.29, 1.82) is 0 Å². The topological polar surface area (TPSA) is 76.5 Å². The maximum atomic E-state index is 13.2. The third-order valence-electron chi connectivity index (χ3n) is 5.24. The lowest BCUT2D eigenvalue weighted by Gasteiger charge is -2.28. The zero-order valence-electron chi connectivity index (χ0n) is 17.9. The fourth-order valence-electron chi connectivity index (χ4n) is 3.66. The smallest absolute Gasteiger partial charge is 0.328 e. The van der Waals surface area contributed by atoms with Crippen LogP contribution in [0.4, 0.5) is 0 Å². The van der Waals surface area contributed by atoms with Crippen molar-refractivity contribution in [1.82, 2.24) is 19.8 Å². The van der Waals surface area contributed by atoms with Gasteiger partial charge in [-0.25, -0.2) is 9.78 Å². The van der Waals surface area contributed by atoms with Crippen LogP contribution in [0, 0.1) is 5.41 Å². The Bertz CT molecular complexity index is 883. The molecule has 1 atom stereocenters. The van der Waals surface area contributed by atoms with Crippen LogP contribution in [-0.2, 0) is 22.6 Å². The standard InChI is InChI=1S/C22H30N4O3/c1-22(2,3)18(21(28)29-5)24-20(27)17-16-14-25(4)12-9-13-26(16)19(23-17)15-10-7-6-8-11-15/h6-8,10-11,18H,9,12-14H2,1-5H3,(H,24,27). The fourth-order valence-corrected chi connectivity index (χ4v) is 3.66. The summed E-state index contributed by atoms with van der Waals surface area (Å²) in [6, 6.07) is 9.12. The van der Waals surface area contributed by atoms with Crippen LogP contribution in [0.15, 0.2) is 30.3 Å². The van der Waals surface area contributed by atoms with Crippen molar-refractivity contribution in [2.24, 2.45) is 5.41 Å². The summed E-state index contributed by atoms with van der Waals surface area (Å²) in [5, 5.41) is 2.87. The van der Waals surface area contributed by atoms with Crippen LogP contribution in [-0.4, -0.2) is 53.1 Å². The predicted octanol–water partition coefficient (Wildman–Crippen LogP) is 2.70. The highest BCUT2D eigenvalue weighted by molar-refractivity contribution is 5.97. The second kappa shape index (κ2) is 8.37. The van der Waals surface area contributed by atoms with Gasteiger partial charge in [-0.2, -0.15) is 0 Å². The summed E-state index contributed by atoms with van der Waals surface area (Å²) in [6.45, 7) is 8.05. The van der Waals surface area contributed by atoms with E-state index in [9.17, 15) is 9.59 Å². The van der Waals surface area contributed by atoms with Gasteiger partial charge >= 0.3 is 5.97 Å². The van der Waals surface area contributed by atoms with Crippen molar-refractivity contribution < 1.29 is 14.3 Å². The van der Waals surface area contributed by atoms with E-state index >= 15 is 0 Å². The third kappa shape index (κ3) is 4.50. The highest BCUT2D eigenvalue weighted by Gasteiger charge is 2.35. The Morgan fingerprint density at radius 3 is 2.48 bits per heavy atom. The maximum Gasteiger partial charge on any atom is 0.328 e. The number of hydrogen-bond donors (Lipinski definition) is 1. The van der Waals surface area contributed by atoms with E-state index in [0.717, 1.165) is 36.6 Å². The monoisotopic (exact) mass is 398 g/mol. The van der Waals surface area contributed by atoms with E-state index in [4.69, 9.17) is 9.72 Å². The average molecular weight is 399 g/mol. The SMILES string of the molecule is COC(=O)C(NC(=O)c1nc(-c2ccccc2)n2c1CN(C)CCC2)C(C)(C)C. The van der Waals surface area contributed by atoms with Crippen molar-refractivity contribution in [3.05, 3.63) is 41.7 Å². The minimum atomic E-state index is -0.763. The number of nitrogens with zero attached hydrogens (tertiary/aromatic N) is 3. The fraction of sp³-hybridized carbons (Fsp3) is 0.500. The number of rotatable bonds is 4. The second-order valence-electron chi connectivity index (χ2n) is 8.64. The minimum absolute atomic E-state index is 0.350. The summed E-state index contributed by atoms with van der Waals surface area (Å²) in [4.78, 5) is 32.4. The van der Waals surface area contributed by atoms with Gasteiger partial charge in [-0.1, -0.05) is 51.1 Å². The minimum Gasteiger partial charge on any atom is -0.467 e. The molecule has 3 rings (SSSR count). The Labute approximate surface area is 172 Å². The first kappa shape index (κ1) is 21.0. The maximum absolute atomic E-state index is 13.2. The van der Waals surface area contributed by atoms with Crippen molar-refractivity contribution in [3.63, 3.8) is 0 Å².